The van der Waals surface area contributed by atoms with Gasteiger partial charge in [-0.25, -0.2) is 4.39 Å². The van der Waals surface area contributed by atoms with Gasteiger partial charge in [0.25, 0.3) is 0 Å². The Hall–Kier alpha value is -1.07. The molecule has 0 aliphatic heterocycles. The van der Waals surface area contributed by atoms with Crippen molar-refractivity contribution in [1.29, 1.82) is 0 Å². The molecule has 2 rings (SSSR count). The number of aromatic nitrogens is 1. The zero-order valence-electron chi connectivity index (χ0n) is 7.41. The standard InChI is InChI=1S/C10H5BrFNOS/c11-7-2-4-15-10(7)9(14)6-1-3-13-5-8(6)12/h1-5H. The minimum atomic E-state index is -0.595. The van der Waals surface area contributed by atoms with E-state index in [9.17, 15) is 9.18 Å². The lowest BCUT2D eigenvalue weighted by Crippen LogP contribution is -2.02. The van der Waals surface area contributed by atoms with Gasteiger partial charge in [0, 0.05) is 10.7 Å². The van der Waals surface area contributed by atoms with Crippen molar-refractivity contribution >= 4 is 33.0 Å². The molecule has 0 aliphatic carbocycles. The number of ketones is 1. The van der Waals surface area contributed by atoms with Gasteiger partial charge in [-0.05, 0) is 33.4 Å². The molecule has 0 aliphatic rings. The largest absolute Gasteiger partial charge is 0.288 e. The molecule has 0 amide bonds. The van der Waals surface area contributed by atoms with Crippen LogP contribution in [0.3, 0.4) is 0 Å². The van der Waals surface area contributed by atoms with Crippen LogP contribution in [0.25, 0.3) is 0 Å². The van der Waals surface area contributed by atoms with Gasteiger partial charge < -0.3 is 0 Å². The van der Waals surface area contributed by atoms with Crippen LogP contribution in [0.1, 0.15) is 15.2 Å². The fourth-order valence-electron chi connectivity index (χ4n) is 1.14. The molecular weight excluding hydrogens is 281 g/mol. The average molecular weight is 286 g/mol. The van der Waals surface area contributed by atoms with E-state index >= 15 is 0 Å². The summed E-state index contributed by atoms with van der Waals surface area (Å²) < 4.78 is 14.0. The summed E-state index contributed by atoms with van der Waals surface area (Å²) in [6.07, 6.45) is 2.44. The lowest BCUT2D eigenvalue weighted by molar-refractivity contribution is 0.103. The third kappa shape index (κ3) is 1.98. The SMILES string of the molecule is O=C(c1ccncc1F)c1sccc1Br. The molecule has 2 heterocycles. The fraction of sp³-hybridized carbons (Fsp3) is 0. The number of carbonyl (C=O) groups is 1. The monoisotopic (exact) mass is 285 g/mol. The Morgan fingerprint density at radius 1 is 1.47 bits per heavy atom. The van der Waals surface area contributed by atoms with E-state index in [0.29, 0.717) is 9.35 Å². The van der Waals surface area contributed by atoms with E-state index in [1.165, 1.54) is 23.6 Å². The van der Waals surface area contributed by atoms with Crippen LogP contribution in [0.5, 0.6) is 0 Å². The topological polar surface area (TPSA) is 30.0 Å². The molecule has 0 bridgehead atoms. The zero-order chi connectivity index (χ0) is 10.8. The third-order valence-corrected chi connectivity index (χ3v) is 3.68. The molecule has 0 atom stereocenters. The molecule has 0 spiro atoms. The minimum Gasteiger partial charge on any atom is -0.288 e. The summed E-state index contributed by atoms with van der Waals surface area (Å²) in [5, 5.41) is 1.77. The van der Waals surface area contributed by atoms with Crippen LogP contribution < -0.4 is 0 Å². The second kappa shape index (κ2) is 4.20. The molecule has 0 fully saturated rings. The Balaban J connectivity index is 2.46. The number of nitrogens with zero attached hydrogens (tertiary/aromatic N) is 1. The van der Waals surface area contributed by atoms with Crippen LogP contribution >= 0.6 is 27.3 Å². The lowest BCUT2D eigenvalue weighted by atomic mass is 10.1. The van der Waals surface area contributed by atoms with E-state index in [4.69, 9.17) is 0 Å². The van der Waals surface area contributed by atoms with Gasteiger partial charge in [-0.1, -0.05) is 0 Å². The molecule has 0 saturated heterocycles. The second-order valence-corrected chi connectivity index (χ2v) is 4.55. The molecule has 76 valence electrons. The molecule has 0 saturated carbocycles. The maximum absolute atomic E-state index is 13.3. The van der Waals surface area contributed by atoms with E-state index in [0.717, 1.165) is 6.20 Å². The van der Waals surface area contributed by atoms with Gasteiger partial charge in [-0.2, -0.15) is 0 Å². The van der Waals surface area contributed by atoms with Crippen LogP contribution in [-0.4, -0.2) is 10.8 Å². The number of rotatable bonds is 2. The molecule has 0 N–H and O–H groups in total. The van der Waals surface area contributed by atoms with Crippen LogP contribution in [-0.2, 0) is 0 Å². The van der Waals surface area contributed by atoms with Crippen molar-refractivity contribution in [2.75, 3.05) is 0 Å². The average Bonchev–Trinajstić information content (AvgIpc) is 2.64. The Kier molecular flexibility index (Phi) is 2.93. The molecule has 2 aromatic heterocycles. The van der Waals surface area contributed by atoms with Gasteiger partial charge in [0.1, 0.15) is 0 Å². The van der Waals surface area contributed by atoms with Crippen molar-refractivity contribution < 1.29 is 9.18 Å². The summed E-state index contributed by atoms with van der Waals surface area (Å²) in [4.78, 5) is 16.0. The van der Waals surface area contributed by atoms with Crippen molar-refractivity contribution in [3.05, 3.63) is 50.6 Å². The number of pyridine rings is 1. The zero-order valence-corrected chi connectivity index (χ0v) is 9.81. The minimum absolute atomic E-state index is 0.0492. The first-order valence-electron chi connectivity index (χ1n) is 4.07. The first-order chi connectivity index (χ1) is 7.20. The first kappa shape index (κ1) is 10.4. The van der Waals surface area contributed by atoms with Crippen molar-refractivity contribution in [1.82, 2.24) is 4.98 Å². The van der Waals surface area contributed by atoms with E-state index in [2.05, 4.69) is 20.9 Å². The second-order valence-electron chi connectivity index (χ2n) is 2.78. The Morgan fingerprint density at radius 2 is 2.27 bits per heavy atom. The maximum Gasteiger partial charge on any atom is 0.207 e. The van der Waals surface area contributed by atoms with E-state index in [1.807, 2.05) is 0 Å². The van der Waals surface area contributed by atoms with Crippen molar-refractivity contribution in [3.8, 4) is 0 Å². The number of carbonyl (C=O) groups excluding carboxylic acids is 1. The number of hydrogen-bond donors (Lipinski definition) is 0. The summed E-state index contributed by atoms with van der Waals surface area (Å²) in [5.74, 6) is -0.917. The maximum atomic E-state index is 13.3. The number of hydrogen-bond acceptors (Lipinski definition) is 3. The van der Waals surface area contributed by atoms with Crippen LogP contribution in [0.2, 0.25) is 0 Å². The summed E-state index contributed by atoms with van der Waals surface area (Å²) in [5.41, 5.74) is 0.0492. The van der Waals surface area contributed by atoms with Crippen molar-refractivity contribution in [2.24, 2.45) is 0 Å². The van der Waals surface area contributed by atoms with E-state index in [-0.39, 0.29) is 11.3 Å². The molecule has 0 aromatic carbocycles. The Bertz CT molecular complexity index is 512. The summed E-state index contributed by atoms with van der Waals surface area (Å²) in [6, 6.07) is 3.14. The lowest BCUT2D eigenvalue weighted by Gasteiger charge is -1.99. The highest BCUT2D eigenvalue weighted by Crippen LogP contribution is 2.25. The van der Waals surface area contributed by atoms with Crippen LogP contribution in [0.15, 0.2) is 34.4 Å². The number of halogens is 2. The molecule has 5 heteroatoms. The molecule has 15 heavy (non-hydrogen) atoms. The third-order valence-electron chi connectivity index (χ3n) is 1.84. The van der Waals surface area contributed by atoms with E-state index < -0.39 is 5.82 Å². The molecular formula is C10H5BrFNOS. The van der Waals surface area contributed by atoms with E-state index in [1.54, 1.807) is 11.4 Å². The van der Waals surface area contributed by atoms with Gasteiger partial charge in [0.2, 0.25) is 5.78 Å². The van der Waals surface area contributed by atoms with Gasteiger partial charge in [-0.3, -0.25) is 9.78 Å². The molecule has 2 aromatic rings. The summed E-state index contributed by atoms with van der Waals surface area (Å²) >= 11 is 4.52. The van der Waals surface area contributed by atoms with Gasteiger partial charge in [0.15, 0.2) is 5.82 Å². The van der Waals surface area contributed by atoms with Crippen molar-refractivity contribution in [2.45, 2.75) is 0 Å². The summed E-state index contributed by atoms with van der Waals surface area (Å²) in [6.45, 7) is 0. The highest BCUT2D eigenvalue weighted by molar-refractivity contribution is 9.10. The quantitative estimate of drug-likeness (QED) is 0.793. The highest BCUT2D eigenvalue weighted by atomic mass is 79.9. The normalized spacial score (nSPS) is 10.3. The predicted octanol–water partition coefficient (Wildman–Crippen LogP) is 3.28. The molecule has 0 radical (unpaired) electrons. The Morgan fingerprint density at radius 3 is 2.87 bits per heavy atom. The molecule has 2 nitrogen and oxygen atoms in total. The first-order valence-corrected chi connectivity index (χ1v) is 5.74. The van der Waals surface area contributed by atoms with Gasteiger partial charge >= 0.3 is 0 Å². The Labute approximate surface area is 97.9 Å². The highest BCUT2D eigenvalue weighted by Gasteiger charge is 2.17. The van der Waals surface area contributed by atoms with Crippen molar-refractivity contribution in [3.63, 3.8) is 0 Å². The fourth-order valence-corrected chi connectivity index (χ4v) is 2.64. The predicted molar refractivity (Wildman–Crippen MR) is 59.6 cm³/mol. The molecule has 0 unspecified atom stereocenters. The summed E-state index contributed by atoms with van der Waals surface area (Å²) in [7, 11) is 0. The number of thiophene rings is 1. The van der Waals surface area contributed by atoms with Crippen LogP contribution in [0.4, 0.5) is 4.39 Å². The van der Waals surface area contributed by atoms with Gasteiger partial charge in [-0.15, -0.1) is 11.3 Å². The van der Waals surface area contributed by atoms with Gasteiger partial charge in [0.05, 0.1) is 16.6 Å². The smallest absolute Gasteiger partial charge is 0.207 e. The van der Waals surface area contributed by atoms with Crippen LogP contribution in [0, 0.1) is 5.82 Å².